The molecule has 1 aliphatic rings. The topological polar surface area (TPSA) is 83.5 Å². The standard InChI is InChI=1S/C14H19NO4S/c16-14(17)13(11-4-2-1-3-5-11)10-15-12-6-8-20(18,19)9-7-12/h1-5,12-13,15H,6-10H2,(H,16,17). The molecule has 20 heavy (non-hydrogen) atoms. The van der Waals surface area contributed by atoms with Crippen LogP contribution in [0.5, 0.6) is 0 Å². The van der Waals surface area contributed by atoms with E-state index in [0.717, 1.165) is 5.56 Å². The molecule has 110 valence electrons. The quantitative estimate of drug-likeness (QED) is 0.848. The molecule has 0 spiro atoms. The van der Waals surface area contributed by atoms with E-state index in [-0.39, 0.29) is 17.5 Å². The number of hydrogen-bond acceptors (Lipinski definition) is 4. The van der Waals surface area contributed by atoms with Crippen molar-refractivity contribution in [3.05, 3.63) is 35.9 Å². The molecule has 2 N–H and O–H groups in total. The Kier molecular flexibility index (Phi) is 4.77. The zero-order valence-electron chi connectivity index (χ0n) is 11.2. The minimum atomic E-state index is -2.88. The van der Waals surface area contributed by atoms with Crippen molar-refractivity contribution in [3.8, 4) is 0 Å². The van der Waals surface area contributed by atoms with Crippen LogP contribution in [0.2, 0.25) is 0 Å². The van der Waals surface area contributed by atoms with Gasteiger partial charge in [0.25, 0.3) is 0 Å². The molecule has 5 nitrogen and oxygen atoms in total. The Hall–Kier alpha value is -1.40. The summed E-state index contributed by atoms with van der Waals surface area (Å²) in [4.78, 5) is 11.3. The molecule has 1 fully saturated rings. The summed E-state index contributed by atoms with van der Waals surface area (Å²) in [6.45, 7) is 0.323. The van der Waals surface area contributed by atoms with Crippen LogP contribution >= 0.6 is 0 Å². The van der Waals surface area contributed by atoms with E-state index in [0.29, 0.717) is 19.4 Å². The number of aliphatic carboxylic acids is 1. The molecule has 1 aliphatic heterocycles. The summed E-state index contributed by atoms with van der Waals surface area (Å²) in [5.41, 5.74) is 0.760. The van der Waals surface area contributed by atoms with Crippen LogP contribution in [0, 0.1) is 0 Å². The van der Waals surface area contributed by atoms with Gasteiger partial charge in [-0.3, -0.25) is 4.79 Å². The van der Waals surface area contributed by atoms with E-state index in [1.807, 2.05) is 18.2 Å². The molecule has 1 atom stereocenters. The Morgan fingerprint density at radius 3 is 2.40 bits per heavy atom. The molecule has 0 aliphatic carbocycles. The lowest BCUT2D eigenvalue weighted by Gasteiger charge is -2.24. The zero-order chi connectivity index (χ0) is 14.6. The third kappa shape index (κ3) is 4.05. The Labute approximate surface area is 118 Å². The number of nitrogens with one attached hydrogen (secondary N) is 1. The second kappa shape index (κ2) is 6.37. The lowest BCUT2D eigenvalue weighted by molar-refractivity contribution is -0.138. The van der Waals surface area contributed by atoms with Gasteiger partial charge in [-0.1, -0.05) is 30.3 Å². The van der Waals surface area contributed by atoms with Crippen molar-refractivity contribution in [3.63, 3.8) is 0 Å². The lowest BCUT2D eigenvalue weighted by atomic mass is 9.98. The minimum absolute atomic E-state index is 0.0871. The van der Waals surface area contributed by atoms with Crippen molar-refractivity contribution in [2.24, 2.45) is 0 Å². The number of carboxylic acid groups (broad SMARTS) is 1. The molecule has 1 unspecified atom stereocenters. The third-order valence-corrected chi connectivity index (χ3v) is 5.38. The van der Waals surface area contributed by atoms with Crippen LogP contribution < -0.4 is 5.32 Å². The Morgan fingerprint density at radius 1 is 1.25 bits per heavy atom. The summed E-state index contributed by atoms with van der Waals surface area (Å²) >= 11 is 0. The number of hydrogen-bond donors (Lipinski definition) is 2. The average Bonchev–Trinajstić information content (AvgIpc) is 2.41. The summed E-state index contributed by atoms with van der Waals surface area (Å²) in [6.07, 6.45) is 1.12. The smallest absolute Gasteiger partial charge is 0.312 e. The maximum Gasteiger partial charge on any atom is 0.312 e. The highest BCUT2D eigenvalue weighted by atomic mass is 32.2. The van der Waals surface area contributed by atoms with Gasteiger partial charge in [-0.05, 0) is 18.4 Å². The van der Waals surface area contributed by atoms with Gasteiger partial charge in [0, 0.05) is 12.6 Å². The molecule has 0 saturated carbocycles. The van der Waals surface area contributed by atoms with Gasteiger partial charge in [-0.2, -0.15) is 0 Å². The van der Waals surface area contributed by atoms with Crippen molar-refractivity contribution < 1.29 is 18.3 Å². The van der Waals surface area contributed by atoms with Gasteiger partial charge in [-0.15, -0.1) is 0 Å². The number of rotatable bonds is 5. The molecular weight excluding hydrogens is 278 g/mol. The molecule has 0 bridgehead atoms. The minimum Gasteiger partial charge on any atom is -0.481 e. The van der Waals surface area contributed by atoms with Gasteiger partial charge in [0.05, 0.1) is 17.4 Å². The van der Waals surface area contributed by atoms with Gasteiger partial charge in [0.15, 0.2) is 0 Å². The summed E-state index contributed by atoms with van der Waals surface area (Å²) < 4.78 is 22.7. The molecule has 0 amide bonds. The van der Waals surface area contributed by atoms with Crippen LogP contribution in [0.15, 0.2) is 30.3 Å². The first-order chi connectivity index (χ1) is 9.48. The Bertz CT molecular complexity index is 542. The van der Waals surface area contributed by atoms with Gasteiger partial charge in [-0.25, -0.2) is 8.42 Å². The molecule has 2 rings (SSSR count). The zero-order valence-corrected chi connectivity index (χ0v) is 12.0. The van der Waals surface area contributed by atoms with E-state index in [1.54, 1.807) is 12.1 Å². The van der Waals surface area contributed by atoms with Crippen LogP contribution in [-0.2, 0) is 14.6 Å². The highest BCUT2D eigenvalue weighted by Gasteiger charge is 2.25. The average molecular weight is 297 g/mol. The third-order valence-electron chi connectivity index (χ3n) is 3.67. The monoisotopic (exact) mass is 297 g/mol. The first-order valence-electron chi connectivity index (χ1n) is 6.69. The maximum atomic E-state index is 11.3. The molecule has 0 radical (unpaired) electrons. The van der Waals surface area contributed by atoms with E-state index in [4.69, 9.17) is 0 Å². The van der Waals surface area contributed by atoms with Crippen molar-refractivity contribution in [1.29, 1.82) is 0 Å². The van der Waals surface area contributed by atoms with Crippen molar-refractivity contribution in [2.75, 3.05) is 18.1 Å². The van der Waals surface area contributed by atoms with Gasteiger partial charge in [0.1, 0.15) is 9.84 Å². The van der Waals surface area contributed by atoms with Gasteiger partial charge < -0.3 is 10.4 Å². The number of carboxylic acids is 1. The van der Waals surface area contributed by atoms with E-state index < -0.39 is 21.7 Å². The SMILES string of the molecule is O=C(O)C(CNC1CCS(=O)(=O)CC1)c1ccccc1. The van der Waals surface area contributed by atoms with E-state index >= 15 is 0 Å². The first kappa shape index (κ1) is 15.0. The fourth-order valence-corrected chi connectivity index (χ4v) is 3.90. The summed E-state index contributed by atoms with van der Waals surface area (Å²) in [5.74, 6) is -1.09. The summed E-state index contributed by atoms with van der Waals surface area (Å²) in [6, 6.07) is 9.17. The van der Waals surface area contributed by atoms with Gasteiger partial charge in [0.2, 0.25) is 0 Å². The first-order valence-corrected chi connectivity index (χ1v) is 8.51. The highest BCUT2D eigenvalue weighted by Crippen LogP contribution is 2.17. The number of benzene rings is 1. The summed E-state index contributed by atoms with van der Waals surface area (Å²) in [5, 5.41) is 12.5. The van der Waals surface area contributed by atoms with E-state index in [2.05, 4.69) is 5.32 Å². The fraction of sp³-hybridized carbons (Fsp3) is 0.500. The molecule has 6 heteroatoms. The van der Waals surface area contributed by atoms with E-state index in [9.17, 15) is 18.3 Å². The molecule has 1 aromatic rings. The molecule has 1 aromatic carbocycles. The van der Waals surface area contributed by atoms with Gasteiger partial charge >= 0.3 is 5.97 Å². The van der Waals surface area contributed by atoms with Crippen molar-refractivity contribution in [2.45, 2.75) is 24.8 Å². The molecule has 0 aromatic heterocycles. The van der Waals surface area contributed by atoms with Crippen molar-refractivity contribution in [1.82, 2.24) is 5.32 Å². The number of sulfone groups is 1. The maximum absolute atomic E-state index is 11.3. The number of carbonyl (C=O) groups is 1. The molecule has 1 heterocycles. The normalized spacial score (nSPS) is 20.4. The predicted molar refractivity (Wildman–Crippen MR) is 76.5 cm³/mol. The fourth-order valence-electron chi connectivity index (χ4n) is 2.41. The predicted octanol–water partition coefficient (Wildman–Crippen LogP) is 1.02. The Balaban J connectivity index is 1.92. The Morgan fingerprint density at radius 2 is 1.85 bits per heavy atom. The van der Waals surface area contributed by atoms with Crippen LogP contribution in [-0.4, -0.2) is 43.6 Å². The van der Waals surface area contributed by atoms with Crippen LogP contribution in [0.25, 0.3) is 0 Å². The molecule has 1 saturated heterocycles. The highest BCUT2D eigenvalue weighted by molar-refractivity contribution is 7.91. The second-order valence-corrected chi connectivity index (χ2v) is 7.44. The lowest BCUT2D eigenvalue weighted by Crippen LogP contribution is -2.40. The van der Waals surface area contributed by atoms with Crippen LogP contribution in [0.3, 0.4) is 0 Å². The molecular formula is C14H19NO4S. The van der Waals surface area contributed by atoms with Crippen molar-refractivity contribution >= 4 is 15.8 Å². The largest absolute Gasteiger partial charge is 0.481 e. The van der Waals surface area contributed by atoms with E-state index in [1.165, 1.54) is 0 Å². The van der Waals surface area contributed by atoms with Crippen LogP contribution in [0.1, 0.15) is 24.3 Å². The second-order valence-electron chi connectivity index (χ2n) is 5.14. The van der Waals surface area contributed by atoms with Crippen LogP contribution in [0.4, 0.5) is 0 Å². The summed E-state index contributed by atoms with van der Waals surface area (Å²) in [7, 11) is -2.88.